The van der Waals surface area contributed by atoms with Crippen LogP contribution >= 0.6 is 11.6 Å². The highest BCUT2D eigenvalue weighted by atomic mass is 35.5. The number of aromatic nitrogens is 2. The molecule has 8 heteroatoms. The lowest BCUT2D eigenvalue weighted by Crippen LogP contribution is -2.53. The number of piperazine rings is 1. The van der Waals surface area contributed by atoms with E-state index >= 15 is 0 Å². The standard InChI is InChI=1S/C18H23ClN6O/c1-20-17(23-9-14-26-16-6-3-2-5-15(16)19)24-10-12-25(13-11-24)18-21-7-4-8-22-18/h2-8H,9-14H2,1H3,(H,20,23). The molecule has 1 aliphatic heterocycles. The number of rotatable bonds is 5. The highest BCUT2D eigenvalue weighted by Crippen LogP contribution is 2.22. The van der Waals surface area contributed by atoms with Crippen LogP contribution in [0.25, 0.3) is 0 Å². The van der Waals surface area contributed by atoms with Gasteiger partial charge in [-0.05, 0) is 18.2 Å². The van der Waals surface area contributed by atoms with Crippen LogP contribution in [0.1, 0.15) is 0 Å². The maximum absolute atomic E-state index is 6.09. The van der Waals surface area contributed by atoms with Crippen LogP contribution in [-0.4, -0.2) is 67.2 Å². The Bertz CT molecular complexity index is 719. The average molecular weight is 375 g/mol. The summed E-state index contributed by atoms with van der Waals surface area (Å²) < 4.78 is 5.70. The summed E-state index contributed by atoms with van der Waals surface area (Å²) in [5.74, 6) is 2.35. The van der Waals surface area contributed by atoms with Gasteiger partial charge < -0.3 is 19.9 Å². The minimum Gasteiger partial charge on any atom is -0.490 e. The zero-order chi connectivity index (χ0) is 18.2. The van der Waals surface area contributed by atoms with E-state index in [4.69, 9.17) is 16.3 Å². The number of ether oxygens (including phenoxy) is 1. The third-order valence-electron chi connectivity index (χ3n) is 4.11. The van der Waals surface area contributed by atoms with Crippen LogP contribution < -0.4 is 15.0 Å². The Labute approximate surface area is 158 Å². The normalized spacial score (nSPS) is 15.1. The van der Waals surface area contributed by atoms with Crippen molar-refractivity contribution in [1.82, 2.24) is 20.2 Å². The molecule has 1 aromatic heterocycles. The molecule has 2 heterocycles. The van der Waals surface area contributed by atoms with Gasteiger partial charge in [0.05, 0.1) is 11.6 Å². The van der Waals surface area contributed by atoms with Gasteiger partial charge in [0.25, 0.3) is 0 Å². The van der Waals surface area contributed by atoms with Gasteiger partial charge in [-0.3, -0.25) is 4.99 Å². The van der Waals surface area contributed by atoms with E-state index in [2.05, 4.69) is 30.1 Å². The summed E-state index contributed by atoms with van der Waals surface area (Å²) >= 11 is 6.09. The summed E-state index contributed by atoms with van der Waals surface area (Å²) in [6.45, 7) is 4.62. The predicted octanol–water partition coefficient (Wildman–Crippen LogP) is 1.91. The molecule has 1 N–H and O–H groups in total. The van der Waals surface area contributed by atoms with Gasteiger partial charge in [0, 0.05) is 45.6 Å². The molecule has 0 unspecified atom stereocenters. The molecule has 0 atom stereocenters. The van der Waals surface area contributed by atoms with Crippen molar-refractivity contribution in [3.8, 4) is 5.75 Å². The molecule has 1 saturated heterocycles. The molecule has 26 heavy (non-hydrogen) atoms. The minimum atomic E-state index is 0.514. The molecule has 7 nitrogen and oxygen atoms in total. The lowest BCUT2D eigenvalue weighted by Gasteiger charge is -2.36. The second-order valence-corrected chi connectivity index (χ2v) is 6.18. The van der Waals surface area contributed by atoms with Crippen LogP contribution in [0.2, 0.25) is 5.02 Å². The molecule has 0 amide bonds. The first-order valence-corrected chi connectivity index (χ1v) is 9.00. The maximum Gasteiger partial charge on any atom is 0.225 e. The van der Waals surface area contributed by atoms with Crippen LogP contribution in [0.4, 0.5) is 5.95 Å². The Morgan fingerprint density at radius 2 is 1.88 bits per heavy atom. The number of hydrogen-bond donors (Lipinski definition) is 1. The molecule has 1 aliphatic rings. The Balaban J connectivity index is 1.43. The lowest BCUT2D eigenvalue weighted by atomic mass is 10.3. The Morgan fingerprint density at radius 3 is 2.58 bits per heavy atom. The fraction of sp³-hybridized carbons (Fsp3) is 0.389. The van der Waals surface area contributed by atoms with Crippen molar-refractivity contribution in [1.29, 1.82) is 0 Å². The largest absolute Gasteiger partial charge is 0.490 e. The third-order valence-corrected chi connectivity index (χ3v) is 4.42. The Morgan fingerprint density at radius 1 is 1.15 bits per heavy atom. The number of hydrogen-bond acceptors (Lipinski definition) is 5. The number of aliphatic imine (C=N–C) groups is 1. The first kappa shape index (κ1) is 18.3. The SMILES string of the molecule is CN=C(NCCOc1ccccc1Cl)N1CCN(c2ncccn2)CC1. The number of benzene rings is 1. The number of anilines is 1. The first-order valence-electron chi connectivity index (χ1n) is 8.63. The smallest absolute Gasteiger partial charge is 0.225 e. The molecule has 138 valence electrons. The van der Waals surface area contributed by atoms with Gasteiger partial charge in [-0.15, -0.1) is 0 Å². The topological polar surface area (TPSA) is 65.9 Å². The number of guanidine groups is 1. The summed E-state index contributed by atoms with van der Waals surface area (Å²) in [5.41, 5.74) is 0. The van der Waals surface area contributed by atoms with Crippen molar-refractivity contribution in [2.75, 3.05) is 51.3 Å². The van der Waals surface area contributed by atoms with E-state index in [1.807, 2.05) is 30.3 Å². The quantitative estimate of drug-likeness (QED) is 0.490. The summed E-state index contributed by atoms with van der Waals surface area (Å²) in [4.78, 5) is 17.4. The van der Waals surface area contributed by atoms with Gasteiger partial charge in [-0.2, -0.15) is 0 Å². The van der Waals surface area contributed by atoms with Crippen LogP contribution in [-0.2, 0) is 0 Å². The Hall–Kier alpha value is -2.54. The van der Waals surface area contributed by atoms with Gasteiger partial charge in [-0.25, -0.2) is 9.97 Å². The van der Waals surface area contributed by atoms with Crippen LogP contribution in [0.5, 0.6) is 5.75 Å². The van der Waals surface area contributed by atoms with E-state index in [9.17, 15) is 0 Å². The lowest BCUT2D eigenvalue weighted by molar-refractivity contribution is 0.315. The average Bonchev–Trinajstić information content (AvgIpc) is 2.70. The van der Waals surface area contributed by atoms with Gasteiger partial charge >= 0.3 is 0 Å². The molecular weight excluding hydrogens is 352 g/mol. The van der Waals surface area contributed by atoms with Gasteiger partial charge in [0.15, 0.2) is 5.96 Å². The van der Waals surface area contributed by atoms with E-state index in [1.54, 1.807) is 19.4 Å². The molecule has 1 aromatic carbocycles. The molecule has 0 saturated carbocycles. The molecule has 2 aromatic rings. The fourth-order valence-electron chi connectivity index (χ4n) is 2.79. The van der Waals surface area contributed by atoms with E-state index < -0.39 is 0 Å². The Kier molecular flexibility index (Phi) is 6.49. The van der Waals surface area contributed by atoms with E-state index in [0.29, 0.717) is 23.9 Å². The second kappa shape index (κ2) is 9.24. The highest BCUT2D eigenvalue weighted by Gasteiger charge is 2.20. The summed E-state index contributed by atoms with van der Waals surface area (Å²) in [7, 11) is 1.80. The number of halogens is 1. The van der Waals surface area contributed by atoms with Crippen LogP contribution in [0, 0.1) is 0 Å². The van der Waals surface area contributed by atoms with Gasteiger partial charge in [0.2, 0.25) is 5.95 Å². The molecule has 0 aliphatic carbocycles. The monoisotopic (exact) mass is 374 g/mol. The second-order valence-electron chi connectivity index (χ2n) is 5.78. The molecular formula is C18H23ClN6O. The zero-order valence-corrected chi connectivity index (χ0v) is 15.6. The number of para-hydroxylation sites is 1. The molecule has 3 rings (SSSR count). The van der Waals surface area contributed by atoms with Crippen molar-refractivity contribution < 1.29 is 4.74 Å². The third kappa shape index (κ3) is 4.76. The first-order chi connectivity index (χ1) is 12.8. The van der Waals surface area contributed by atoms with Gasteiger partial charge in [0.1, 0.15) is 12.4 Å². The van der Waals surface area contributed by atoms with E-state index in [-0.39, 0.29) is 0 Å². The zero-order valence-electron chi connectivity index (χ0n) is 14.8. The van der Waals surface area contributed by atoms with Crippen molar-refractivity contribution in [3.63, 3.8) is 0 Å². The summed E-state index contributed by atoms with van der Waals surface area (Å²) in [6.07, 6.45) is 3.54. The molecule has 0 radical (unpaired) electrons. The number of nitrogens with zero attached hydrogens (tertiary/aromatic N) is 5. The van der Waals surface area contributed by atoms with Gasteiger partial charge in [-0.1, -0.05) is 23.7 Å². The van der Waals surface area contributed by atoms with Crippen LogP contribution in [0.15, 0.2) is 47.7 Å². The fourth-order valence-corrected chi connectivity index (χ4v) is 2.98. The van der Waals surface area contributed by atoms with Crippen molar-refractivity contribution in [2.45, 2.75) is 0 Å². The van der Waals surface area contributed by atoms with E-state index in [1.165, 1.54) is 0 Å². The van der Waals surface area contributed by atoms with Crippen molar-refractivity contribution in [3.05, 3.63) is 47.7 Å². The van der Waals surface area contributed by atoms with E-state index in [0.717, 1.165) is 38.1 Å². The number of nitrogens with one attached hydrogen (secondary N) is 1. The highest BCUT2D eigenvalue weighted by molar-refractivity contribution is 6.32. The van der Waals surface area contributed by atoms with Crippen molar-refractivity contribution in [2.24, 2.45) is 4.99 Å². The molecule has 0 spiro atoms. The summed E-state index contributed by atoms with van der Waals surface area (Å²) in [5, 5.41) is 3.96. The molecule has 0 bridgehead atoms. The predicted molar refractivity (Wildman–Crippen MR) is 104 cm³/mol. The van der Waals surface area contributed by atoms with Crippen LogP contribution in [0.3, 0.4) is 0 Å². The van der Waals surface area contributed by atoms with Crippen molar-refractivity contribution >= 4 is 23.5 Å². The molecule has 1 fully saturated rings. The minimum absolute atomic E-state index is 0.514. The maximum atomic E-state index is 6.09. The summed E-state index contributed by atoms with van der Waals surface area (Å²) in [6, 6.07) is 9.30.